The molecule has 0 bridgehead atoms. The topological polar surface area (TPSA) is 45.2 Å². The number of nitrogens with zero attached hydrogens (tertiary/aromatic N) is 2. The van der Waals surface area contributed by atoms with Crippen LogP contribution in [0.4, 0.5) is 0 Å². The lowest BCUT2D eigenvalue weighted by molar-refractivity contribution is -0.129. The van der Waals surface area contributed by atoms with E-state index in [2.05, 4.69) is 26.2 Å². The average Bonchev–Trinajstić information content (AvgIpc) is 3.17. The van der Waals surface area contributed by atoms with Gasteiger partial charge in [0.25, 0.3) is 0 Å². The first kappa shape index (κ1) is 22.4. The summed E-state index contributed by atoms with van der Waals surface area (Å²) in [5.74, 6) is 0.770. The maximum Gasteiger partial charge on any atom is 0.228 e. The van der Waals surface area contributed by atoms with Crippen molar-refractivity contribution < 1.29 is 4.79 Å². The molecule has 1 atom stereocenters. The number of hydrogen-bond acceptors (Lipinski definition) is 4. The molecule has 0 radical (unpaired) electrons. The van der Waals surface area contributed by atoms with E-state index in [-0.39, 0.29) is 30.7 Å². The predicted molar refractivity (Wildman–Crippen MR) is 112 cm³/mol. The second-order valence-electron chi connectivity index (χ2n) is 5.88. The molecule has 138 valence electrons. The van der Waals surface area contributed by atoms with E-state index in [4.69, 9.17) is 0 Å². The van der Waals surface area contributed by atoms with Gasteiger partial charge in [-0.3, -0.25) is 4.79 Å². The van der Waals surface area contributed by atoms with Crippen molar-refractivity contribution in [2.45, 2.75) is 12.8 Å². The SMILES string of the molecule is CNCC1CCN(C(=O)Cc2csc(-c3cccc(Br)c3)n2)C1.Cl.Cl. The van der Waals surface area contributed by atoms with Gasteiger partial charge < -0.3 is 10.2 Å². The minimum atomic E-state index is 0. The lowest BCUT2D eigenvalue weighted by Crippen LogP contribution is -2.31. The molecular formula is C17H22BrCl2N3OS. The zero-order valence-corrected chi connectivity index (χ0v) is 17.9. The standard InChI is InChI=1S/C17H20BrN3OS.2ClH/c1-19-9-12-5-6-21(10-12)16(22)8-15-11-23-17(20-15)13-3-2-4-14(18)7-13;;/h2-4,7,11-12,19H,5-6,8-10H2,1H3;2*1H. The predicted octanol–water partition coefficient (Wildman–Crippen LogP) is 4.03. The van der Waals surface area contributed by atoms with Crippen molar-refractivity contribution in [1.29, 1.82) is 0 Å². The maximum atomic E-state index is 12.4. The van der Waals surface area contributed by atoms with Crippen molar-refractivity contribution in [3.8, 4) is 10.6 Å². The summed E-state index contributed by atoms with van der Waals surface area (Å²) in [7, 11) is 1.96. The van der Waals surface area contributed by atoms with Gasteiger partial charge in [-0.1, -0.05) is 28.1 Å². The van der Waals surface area contributed by atoms with E-state index in [0.29, 0.717) is 12.3 Å². The highest BCUT2D eigenvalue weighted by molar-refractivity contribution is 9.10. The third kappa shape index (κ3) is 5.93. The van der Waals surface area contributed by atoms with Crippen LogP contribution in [0.5, 0.6) is 0 Å². The third-order valence-electron chi connectivity index (χ3n) is 4.09. The molecule has 2 aromatic rings. The molecule has 1 aromatic heterocycles. The lowest BCUT2D eigenvalue weighted by Gasteiger charge is -2.15. The minimum absolute atomic E-state index is 0. The van der Waals surface area contributed by atoms with Gasteiger partial charge in [-0.25, -0.2) is 4.98 Å². The van der Waals surface area contributed by atoms with Crippen LogP contribution < -0.4 is 5.32 Å². The fourth-order valence-corrected chi connectivity index (χ4v) is 4.14. The van der Waals surface area contributed by atoms with Crippen molar-refractivity contribution in [1.82, 2.24) is 15.2 Å². The van der Waals surface area contributed by atoms with E-state index >= 15 is 0 Å². The zero-order chi connectivity index (χ0) is 16.2. The number of thiazole rings is 1. The molecule has 4 nitrogen and oxygen atoms in total. The number of rotatable bonds is 5. The number of nitrogens with one attached hydrogen (secondary N) is 1. The molecule has 3 rings (SSSR count). The second-order valence-corrected chi connectivity index (χ2v) is 7.66. The molecule has 1 aliphatic heterocycles. The highest BCUT2D eigenvalue weighted by atomic mass is 79.9. The van der Waals surface area contributed by atoms with Gasteiger partial charge >= 0.3 is 0 Å². The maximum absolute atomic E-state index is 12.4. The number of aromatic nitrogens is 1. The highest BCUT2D eigenvalue weighted by Crippen LogP contribution is 2.26. The van der Waals surface area contributed by atoms with E-state index in [1.54, 1.807) is 11.3 Å². The van der Waals surface area contributed by atoms with E-state index < -0.39 is 0 Å². The third-order valence-corrected chi connectivity index (χ3v) is 5.52. The van der Waals surface area contributed by atoms with Gasteiger partial charge in [-0.05, 0) is 38.1 Å². The van der Waals surface area contributed by atoms with E-state index in [1.807, 2.05) is 41.6 Å². The number of hydrogen-bond donors (Lipinski definition) is 1. The van der Waals surface area contributed by atoms with Crippen LogP contribution in [0.25, 0.3) is 10.6 Å². The number of carbonyl (C=O) groups excluding carboxylic acids is 1. The van der Waals surface area contributed by atoms with Crippen LogP contribution in [0, 0.1) is 5.92 Å². The van der Waals surface area contributed by atoms with Crippen LogP contribution >= 0.6 is 52.1 Å². The Morgan fingerprint density at radius 3 is 2.96 bits per heavy atom. The Labute approximate surface area is 173 Å². The number of halogens is 3. The number of carbonyl (C=O) groups is 1. The monoisotopic (exact) mass is 465 g/mol. The first-order chi connectivity index (χ1) is 11.2. The van der Waals surface area contributed by atoms with Crippen molar-refractivity contribution in [2.24, 2.45) is 5.92 Å². The van der Waals surface area contributed by atoms with Gasteiger partial charge in [0, 0.05) is 28.5 Å². The molecule has 1 unspecified atom stereocenters. The Morgan fingerprint density at radius 2 is 2.24 bits per heavy atom. The summed E-state index contributed by atoms with van der Waals surface area (Å²) in [6, 6.07) is 8.08. The van der Waals surface area contributed by atoms with Crippen LogP contribution in [0.2, 0.25) is 0 Å². The van der Waals surface area contributed by atoms with E-state index in [0.717, 1.165) is 46.8 Å². The fourth-order valence-electron chi connectivity index (χ4n) is 2.92. The molecule has 25 heavy (non-hydrogen) atoms. The van der Waals surface area contributed by atoms with Crippen LogP contribution in [-0.4, -0.2) is 42.5 Å². The normalized spacial score (nSPS) is 16.2. The first-order valence-electron chi connectivity index (χ1n) is 7.78. The van der Waals surface area contributed by atoms with Crippen molar-refractivity contribution in [3.05, 3.63) is 39.8 Å². The lowest BCUT2D eigenvalue weighted by atomic mass is 10.1. The summed E-state index contributed by atoms with van der Waals surface area (Å²) in [5.41, 5.74) is 1.95. The van der Waals surface area contributed by atoms with E-state index in [1.165, 1.54) is 0 Å². The summed E-state index contributed by atoms with van der Waals surface area (Å²) in [6.45, 7) is 2.71. The molecule has 1 amide bonds. The minimum Gasteiger partial charge on any atom is -0.342 e. The molecule has 1 N–H and O–H groups in total. The molecule has 8 heteroatoms. The molecule has 1 aliphatic rings. The summed E-state index contributed by atoms with van der Waals surface area (Å²) >= 11 is 5.07. The molecule has 2 heterocycles. The number of benzene rings is 1. The quantitative estimate of drug-likeness (QED) is 0.723. The van der Waals surface area contributed by atoms with Gasteiger partial charge in [0.15, 0.2) is 0 Å². The largest absolute Gasteiger partial charge is 0.342 e. The van der Waals surface area contributed by atoms with Gasteiger partial charge in [-0.2, -0.15) is 0 Å². The van der Waals surface area contributed by atoms with Crippen LogP contribution in [-0.2, 0) is 11.2 Å². The summed E-state index contributed by atoms with van der Waals surface area (Å²) in [4.78, 5) is 19.0. The molecular weight excluding hydrogens is 445 g/mol. The molecule has 0 saturated carbocycles. The zero-order valence-electron chi connectivity index (χ0n) is 13.9. The average molecular weight is 467 g/mol. The molecule has 0 spiro atoms. The first-order valence-corrected chi connectivity index (χ1v) is 9.45. The van der Waals surface area contributed by atoms with Gasteiger partial charge in [0.2, 0.25) is 5.91 Å². The van der Waals surface area contributed by atoms with Gasteiger partial charge in [0.1, 0.15) is 5.01 Å². The van der Waals surface area contributed by atoms with E-state index in [9.17, 15) is 4.79 Å². The molecule has 1 aromatic carbocycles. The van der Waals surface area contributed by atoms with Crippen molar-refractivity contribution in [3.63, 3.8) is 0 Å². The summed E-state index contributed by atoms with van der Waals surface area (Å²) in [5, 5.41) is 6.15. The highest BCUT2D eigenvalue weighted by Gasteiger charge is 2.26. The van der Waals surface area contributed by atoms with Gasteiger partial charge in [0.05, 0.1) is 12.1 Å². The van der Waals surface area contributed by atoms with Crippen LogP contribution in [0.15, 0.2) is 34.1 Å². The Balaban J connectivity index is 0.00000156. The van der Waals surface area contributed by atoms with Gasteiger partial charge in [-0.15, -0.1) is 36.2 Å². The Hall–Kier alpha value is -0.660. The number of likely N-dealkylation sites (tertiary alicyclic amines) is 1. The molecule has 0 aliphatic carbocycles. The summed E-state index contributed by atoms with van der Waals surface area (Å²) < 4.78 is 1.04. The molecule has 1 fully saturated rings. The number of amides is 1. The Kier molecular flexibility index (Phi) is 9.38. The van der Waals surface area contributed by atoms with Crippen molar-refractivity contribution in [2.75, 3.05) is 26.7 Å². The van der Waals surface area contributed by atoms with Crippen LogP contribution in [0.3, 0.4) is 0 Å². The van der Waals surface area contributed by atoms with Crippen molar-refractivity contribution >= 4 is 58.0 Å². The second kappa shape index (κ2) is 10.5. The molecule has 1 saturated heterocycles. The fraction of sp³-hybridized carbons (Fsp3) is 0.412. The Morgan fingerprint density at radius 1 is 1.44 bits per heavy atom. The smallest absolute Gasteiger partial charge is 0.228 e. The van der Waals surface area contributed by atoms with Crippen LogP contribution in [0.1, 0.15) is 12.1 Å². The Bertz CT molecular complexity index is 698. The summed E-state index contributed by atoms with van der Waals surface area (Å²) in [6.07, 6.45) is 1.49.